The Morgan fingerprint density at radius 3 is 2.25 bits per heavy atom. The molecule has 0 unspecified atom stereocenters. The zero-order valence-electron chi connectivity index (χ0n) is 11.6. The molecule has 3 rings (SSSR count). The predicted molar refractivity (Wildman–Crippen MR) is 85.7 cm³/mol. The van der Waals surface area contributed by atoms with Crippen molar-refractivity contribution >= 4 is 23.1 Å². The van der Waals surface area contributed by atoms with E-state index in [1.165, 1.54) is 33.4 Å². The van der Waals surface area contributed by atoms with Crippen LogP contribution in [0.3, 0.4) is 0 Å². The molecular formula is C17H16Cl2Zr. The van der Waals surface area contributed by atoms with Gasteiger partial charge in [0.05, 0.1) is 0 Å². The minimum atomic E-state index is -0.826. The topological polar surface area (TPSA) is 0 Å². The van der Waals surface area contributed by atoms with Gasteiger partial charge in [-0.3, -0.25) is 0 Å². The Kier molecular flexibility index (Phi) is 6.08. The zero-order chi connectivity index (χ0) is 14.5. The quantitative estimate of drug-likeness (QED) is 0.568. The third-order valence-electron chi connectivity index (χ3n) is 3.42. The Labute approximate surface area is 139 Å². The minimum absolute atomic E-state index is 0.826. The average molecular weight is 382 g/mol. The molecule has 2 aromatic carbocycles. The molecule has 2 aromatic rings. The maximum absolute atomic E-state index is 4.93. The van der Waals surface area contributed by atoms with Gasteiger partial charge < -0.3 is 0 Å². The summed E-state index contributed by atoms with van der Waals surface area (Å²) in [5, 5.41) is 0. The number of rotatable bonds is 1. The van der Waals surface area contributed by atoms with Crippen molar-refractivity contribution in [1.82, 2.24) is 0 Å². The van der Waals surface area contributed by atoms with Crippen molar-refractivity contribution < 1.29 is 20.8 Å². The van der Waals surface area contributed by atoms with Crippen LogP contribution in [0.5, 0.6) is 0 Å². The van der Waals surface area contributed by atoms with Gasteiger partial charge in [0, 0.05) is 0 Å². The number of hydrogen-bond donors (Lipinski definition) is 0. The van der Waals surface area contributed by atoms with Gasteiger partial charge in [-0.15, -0.1) is 0 Å². The van der Waals surface area contributed by atoms with Crippen molar-refractivity contribution in [3.05, 3.63) is 64.7 Å². The fourth-order valence-electron chi connectivity index (χ4n) is 2.52. The Morgan fingerprint density at radius 2 is 1.60 bits per heavy atom. The van der Waals surface area contributed by atoms with E-state index in [1.54, 1.807) is 0 Å². The first kappa shape index (κ1) is 16.0. The van der Waals surface area contributed by atoms with Crippen LogP contribution in [0, 0.1) is 6.92 Å². The predicted octanol–water partition coefficient (Wildman–Crippen LogP) is 6.00. The maximum atomic E-state index is 4.93. The molecule has 0 heterocycles. The van der Waals surface area contributed by atoms with E-state index < -0.39 is 20.8 Å². The van der Waals surface area contributed by atoms with Gasteiger partial charge in [0.1, 0.15) is 0 Å². The second kappa shape index (κ2) is 7.59. The van der Waals surface area contributed by atoms with E-state index in [2.05, 4.69) is 62.4 Å². The van der Waals surface area contributed by atoms with Crippen LogP contribution < -0.4 is 0 Å². The Bertz CT molecular complexity index is 615. The van der Waals surface area contributed by atoms with E-state index in [1.807, 2.05) is 0 Å². The molecule has 0 radical (unpaired) electrons. The van der Waals surface area contributed by atoms with Gasteiger partial charge >= 0.3 is 37.9 Å². The molecule has 0 N–H and O–H groups in total. The van der Waals surface area contributed by atoms with E-state index in [0.717, 1.165) is 6.42 Å². The van der Waals surface area contributed by atoms with E-state index in [9.17, 15) is 0 Å². The fourth-order valence-corrected chi connectivity index (χ4v) is 2.52. The summed E-state index contributed by atoms with van der Waals surface area (Å²) in [6.07, 6.45) is 3.43. The van der Waals surface area contributed by atoms with Crippen LogP contribution in [0.2, 0.25) is 0 Å². The number of aryl methyl sites for hydroxylation is 1. The van der Waals surface area contributed by atoms with Gasteiger partial charge in [-0.25, -0.2) is 0 Å². The normalized spacial score (nSPS) is 12.1. The summed E-state index contributed by atoms with van der Waals surface area (Å²) < 4.78 is 0. The molecule has 0 bridgehead atoms. The molecule has 0 aromatic heterocycles. The summed E-state index contributed by atoms with van der Waals surface area (Å²) in [6.45, 7) is 4.34. The summed E-state index contributed by atoms with van der Waals surface area (Å²) in [5.41, 5.74) is 8.32. The number of fused-ring (bicyclic) bond motifs is 1. The van der Waals surface area contributed by atoms with Gasteiger partial charge in [0.15, 0.2) is 0 Å². The summed E-state index contributed by atoms with van der Waals surface area (Å²) in [7, 11) is 9.87. The van der Waals surface area contributed by atoms with E-state index in [0.29, 0.717) is 0 Å². The SMILES string of the molecule is CC1=Cc2c(cccc2-c2ccc(C)cc2)C1.[Cl][Zr][Cl]. The van der Waals surface area contributed by atoms with E-state index in [4.69, 9.17) is 17.0 Å². The molecule has 0 fully saturated rings. The number of halogens is 2. The second-order valence-corrected chi connectivity index (χ2v) is 8.72. The van der Waals surface area contributed by atoms with Crippen LogP contribution in [0.4, 0.5) is 0 Å². The first-order valence-electron chi connectivity index (χ1n) is 6.48. The monoisotopic (exact) mass is 380 g/mol. The van der Waals surface area contributed by atoms with Crippen molar-refractivity contribution in [3.8, 4) is 11.1 Å². The first-order chi connectivity index (χ1) is 9.65. The Hall–Kier alpha value is -0.357. The molecule has 0 saturated heterocycles. The summed E-state index contributed by atoms with van der Waals surface area (Å²) in [6, 6.07) is 15.4. The third kappa shape index (κ3) is 3.85. The standard InChI is InChI=1S/C17H16.2ClH.Zr/c1-12-6-8-14(9-7-12)16-5-3-4-15-10-13(2)11-17(15)16;;;/h3-9,11H,10H2,1-2H3;2*1H;/q;;;+2/p-2. The van der Waals surface area contributed by atoms with E-state index >= 15 is 0 Å². The van der Waals surface area contributed by atoms with Crippen molar-refractivity contribution in [2.45, 2.75) is 20.3 Å². The van der Waals surface area contributed by atoms with E-state index in [-0.39, 0.29) is 0 Å². The average Bonchev–Trinajstić information content (AvgIpc) is 2.80. The summed E-state index contributed by atoms with van der Waals surface area (Å²) >= 11 is -0.826. The summed E-state index contributed by atoms with van der Waals surface area (Å²) in [4.78, 5) is 0. The summed E-state index contributed by atoms with van der Waals surface area (Å²) in [5.74, 6) is 0. The van der Waals surface area contributed by atoms with Gasteiger partial charge in [0.25, 0.3) is 0 Å². The Balaban J connectivity index is 0.000000452. The van der Waals surface area contributed by atoms with Crippen molar-refractivity contribution in [1.29, 1.82) is 0 Å². The fraction of sp³-hybridized carbons (Fsp3) is 0.176. The van der Waals surface area contributed by atoms with Crippen LogP contribution in [-0.2, 0) is 27.3 Å². The number of hydrogen-bond acceptors (Lipinski definition) is 0. The molecule has 102 valence electrons. The van der Waals surface area contributed by atoms with Crippen molar-refractivity contribution in [3.63, 3.8) is 0 Å². The first-order valence-corrected chi connectivity index (χ1v) is 12.8. The molecule has 0 spiro atoms. The molecule has 0 nitrogen and oxygen atoms in total. The van der Waals surface area contributed by atoms with Crippen LogP contribution in [0.25, 0.3) is 17.2 Å². The van der Waals surface area contributed by atoms with Gasteiger partial charge in [-0.05, 0) is 42.5 Å². The van der Waals surface area contributed by atoms with Crippen molar-refractivity contribution in [2.24, 2.45) is 0 Å². The van der Waals surface area contributed by atoms with Crippen LogP contribution in [0.15, 0.2) is 48.0 Å². The van der Waals surface area contributed by atoms with Gasteiger partial charge in [-0.1, -0.05) is 59.7 Å². The molecule has 1 aliphatic rings. The van der Waals surface area contributed by atoms with Crippen LogP contribution in [0.1, 0.15) is 23.6 Å². The molecule has 3 heteroatoms. The molecular weight excluding hydrogens is 366 g/mol. The zero-order valence-corrected chi connectivity index (χ0v) is 15.6. The molecule has 0 atom stereocenters. The van der Waals surface area contributed by atoms with Crippen molar-refractivity contribution in [2.75, 3.05) is 0 Å². The number of allylic oxidation sites excluding steroid dienone is 1. The van der Waals surface area contributed by atoms with Gasteiger partial charge in [-0.2, -0.15) is 0 Å². The van der Waals surface area contributed by atoms with Crippen LogP contribution in [-0.4, -0.2) is 0 Å². The molecule has 0 aliphatic heterocycles. The third-order valence-corrected chi connectivity index (χ3v) is 3.42. The molecule has 0 amide bonds. The van der Waals surface area contributed by atoms with Crippen LogP contribution >= 0.6 is 17.0 Å². The second-order valence-electron chi connectivity index (χ2n) is 4.98. The van der Waals surface area contributed by atoms with Gasteiger partial charge in [0.2, 0.25) is 0 Å². The molecule has 1 aliphatic carbocycles. The molecule has 20 heavy (non-hydrogen) atoms. The Morgan fingerprint density at radius 1 is 0.950 bits per heavy atom. The molecule has 0 saturated carbocycles. The number of benzene rings is 2.